The van der Waals surface area contributed by atoms with Crippen LogP contribution in [0.3, 0.4) is 0 Å². The molecule has 0 aromatic heterocycles. The molecule has 4 amide bonds. The van der Waals surface area contributed by atoms with Gasteiger partial charge in [0.2, 0.25) is 0 Å². The van der Waals surface area contributed by atoms with Crippen LogP contribution in [-0.2, 0) is 16.2 Å². The topological polar surface area (TPSA) is 66.9 Å². The Morgan fingerprint density at radius 1 is 0.737 bits per heavy atom. The Morgan fingerprint density at radius 3 is 1.84 bits per heavy atom. The van der Waals surface area contributed by atoms with Gasteiger partial charge in [0.1, 0.15) is 17.9 Å². The van der Waals surface area contributed by atoms with E-state index in [1.165, 1.54) is 6.08 Å². The van der Waals surface area contributed by atoms with Crippen LogP contribution in [0, 0.1) is 0 Å². The second-order valence-electron chi connectivity index (χ2n) is 8.36. The van der Waals surface area contributed by atoms with Crippen molar-refractivity contribution in [3.05, 3.63) is 129 Å². The number of amides is 4. The summed E-state index contributed by atoms with van der Waals surface area (Å²) in [6.45, 7) is 0.304. The Morgan fingerprint density at radius 2 is 1.29 bits per heavy atom. The summed E-state index contributed by atoms with van der Waals surface area (Å²) in [7, 11) is 0. The third-order valence-electron chi connectivity index (χ3n) is 5.89. The zero-order valence-electron chi connectivity index (χ0n) is 19.9. The fourth-order valence-corrected chi connectivity index (χ4v) is 4.64. The van der Waals surface area contributed by atoms with Gasteiger partial charge >= 0.3 is 6.03 Å². The number of urea groups is 1. The van der Waals surface area contributed by atoms with Crippen molar-refractivity contribution < 1.29 is 19.1 Å². The number of ether oxygens (including phenoxy) is 1. The number of para-hydroxylation sites is 2. The zero-order valence-corrected chi connectivity index (χ0v) is 22.2. The second-order valence-corrected chi connectivity index (χ2v) is 9.62. The van der Waals surface area contributed by atoms with E-state index in [1.54, 1.807) is 78.9 Å². The predicted molar refractivity (Wildman–Crippen MR) is 151 cm³/mol. The highest BCUT2D eigenvalue weighted by atomic mass is 79.9. The van der Waals surface area contributed by atoms with Gasteiger partial charge in [0, 0.05) is 10.0 Å². The van der Waals surface area contributed by atoms with Crippen molar-refractivity contribution in [3.8, 4) is 5.75 Å². The van der Waals surface area contributed by atoms with E-state index in [0.29, 0.717) is 34.3 Å². The smallest absolute Gasteiger partial charge is 0.343 e. The molecule has 4 aromatic rings. The molecule has 0 aliphatic carbocycles. The molecule has 6 nitrogen and oxygen atoms in total. The van der Waals surface area contributed by atoms with Gasteiger partial charge in [0.05, 0.1) is 16.4 Å². The van der Waals surface area contributed by atoms with Crippen molar-refractivity contribution in [2.24, 2.45) is 0 Å². The fraction of sp³-hybridized carbons (Fsp3) is 0.0333. The minimum Gasteiger partial charge on any atom is -0.487 e. The minimum atomic E-state index is -0.747. The van der Waals surface area contributed by atoms with Gasteiger partial charge in [0.15, 0.2) is 0 Å². The molecule has 8 heteroatoms. The van der Waals surface area contributed by atoms with Crippen LogP contribution in [0.5, 0.6) is 5.75 Å². The van der Waals surface area contributed by atoms with Crippen LogP contribution in [0.4, 0.5) is 16.2 Å². The molecule has 0 N–H and O–H groups in total. The first kappa shape index (κ1) is 25.4. The van der Waals surface area contributed by atoms with Crippen molar-refractivity contribution >= 4 is 62.8 Å². The lowest BCUT2D eigenvalue weighted by Crippen LogP contribution is -2.57. The number of barbiturate groups is 1. The maximum atomic E-state index is 13.5. The number of nitrogens with zero attached hydrogens (tertiary/aromatic N) is 2. The van der Waals surface area contributed by atoms with Crippen LogP contribution in [0.25, 0.3) is 6.08 Å². The van der Waals surface area contributed by atoms with Gasteiger partial charge in [-0.25, -0.2) is 14.6 Å². The zero-order chi connectivity index (χ0) is 26.6. The summed E-state index contributed by atoms with van der Waals surface area (Å²) >= 11 is 9.98. The van der Waals surface area contributed by atoms with E-state index in [2.05, 4.69) is 15.9 Å². The van der Waals surface area contributed by atoms with E-state index in [9.17, 15) is 14.4 Å². The molecule has 1 saturated heterocycles. The first-order valence-electron chi connectivity index (χ1n) is 11.6. The molecule has 1 aliphatic heterocycles. The van der Waals surface area contributed by atoms with Crippen LogP contribution in [-0.4, -0.2) is 17.8 Å². The molecule has 4 aromatic carbocycles. The van der Waals surface area contributed by atoms with E-state index >= 15 is 0 Å². The molecular weight excluding hydrogens is 568 g/mol. The monoisotopic (exact) mass is 586 g/mol. The molecule has 1 heterocycles. The van der Waals surface area contributed by atoms with Gasteiger partial charge in [-0.2, -0.15) is 0 Å². The van der Waals surface area contributed by atoms with Crippen molar-refractivity contribution in [3.63, 3.8) is 0 Å². The summed E-state index contributed by atoms with van der Waals surface area (Å²) in [4.78, 5) is 42.4. The molecule has 5 rings (SSSR count). The molecule has 0 radical (unpaired) electrons. The van der Waals surface area contributed by atoms with Crippen molar-refractivity contribution in [2.75, 3.05) is 9.80 Å². The highest BCUT2D eigenvalue weighted by Gasteiger charge is 2.43. The van der Waals surface area contributed by atoms with Gasteiger partial charge in [-0.3, -0.25) is 9.59 Å². The molecule has 188 valence electrons. The summed E-state index contributed by atoms with van der Waals surface area (Å²) in [6, 6.07) is 28.9. The normalized spacial score (nSPS) is 13.6. The quantitative estimate of drug-likeness (QED) is 0.176. The summed E-state index contributed by atoms with van der Waals surface area (Å²) in [6.07, 6.45) is 1.44. The molecule has 1 fully saturated rings. The maximum absolute atomic E-state index is 13.5. The Labute approximate surface area is 232 Å². The Kier molecular flexibility index (Phi) is 7.40. The summed E-state index contributed by atoms with van der Waals surface area (Å²) in [5.41, 5.74) is 2.01. The number of carbonyl (C=O) groups is 3. The largest absolute Gasteiger partial charge is 0.487 e. The second kappa shape index (κ2) is 11.0. The van der Waals surface area contributed by atoms with Gasteiger partial charge in [0.25, 0.3) is 11.8 Å². The summed E-state index contributed by atoms with van der Waals surface area (Å²) < 4.78 is 6.80. The van der Waals surface area contributed by atoms with Crippen molar-refractivity contribution in [1.82, 2.24) is 0 Å². The van der Waals surface area contributed by atoms with Gasteiger partial charge in [-0.15, -0.1) is 0 Å². The first-order valence-corrected chi connectivity index (χ1v) is 12.8. The highest BCUT2D eigenvalue weighted by molar-refractivity contribution is 9.10. The molecule has 38 heavy (non-hydrogen) atoms. The molecule has 0 unspecified atom stereocenters. The van der Waals surface area contributed by atoms with Crippen molar-refractivity contribution in [2.45, 2.75) is 6.61 Å². The Bertz CT molecular complexity index is 1490. The van der Waals surface area contributed by atoms with Gasteiger partial charge in [-0.1, -0.05) is 88.2 Å². The number of anilines is 2. The molecule has 0 atom stereocenters. The number of carbonyl (C=O) groups excluding carboxylic acids is 3. The molecule has 0 spiro atoms. The third-order valence-corrected chi connectivity index (χ3v) is 6.96. The van der Waals surface area contributed by atoms with Gasteiger partial charge in [-0.05, 0) is 54.1 Å². The Hall–Kier alpha value is -4.20. The van der Waals surface area contributed by atoms with Crippen LogP contribution in [0.15, 0.2) is 113 Å². The molecule has 0 saturated carbocycles. The standard InChI is InChI=1S/C30H20BrClN2O4/c31-25-14-8-7-9-21(25)19-38-27-16-15-20(18-26(27)32)17-24-28(35)33(22-10-3-1-4-11-22)30(37)34(29(24)36)23-12-5-2-6-13-23/h1-18H,19H2. The van der Waals surface area contributed by atoms with E-state index in [0.717, 1.165) is 19.8 Å². The average Bonchev–Trinajstić information content (AvgIpc) is 2.93. The minimum absolute atomic E-state index is 0.171. The average molecular weight is 588 g/mol. The van der Waals surface area contributed by atoms with Crippen LogP contribution in [0.2, 0.25) is 5.02 Å². The lowest BCUT2D eigenvalue weighted by Gasteiger charge is -2.33. The lowest BCUT2D eigenvalue weighted by molar-refractivity contribution is -0.121. The number of rotatable bonds is 6. The highest BCUT2D eigenvalue weighted by Crippen LogP contribution is 2.32. The molecule has 0 bridgehead atoms. The van der Waals surface area contributed by atoms with Crippen LogP contribution >= 0.6 is 27.5 Å². The predicted octanol–water partition coefficient (Wildman–Crippen LogP) is 7.26. The van der Waals surface area contributed by atoms with Crippen LogP contribution in [0.1, 0.15) is 11.1 Å². The number of hydrogen-bond donors (Lipinski definition) is 0. The SMILES string of the molecule is O=C1C(=Cc2ccc(OCc3ccccc3Br)c(Cl)c2)C(=O)N(c2ccccc2)C(=O)N1c1ccccc1. The first-order chi connectivity index (χ1) is 18.4. The van der Waals surface area contributed by atoms with Crippen molar-refractivity contribution in [1.29, 1.82) is 0 Å². The maximum Gasteiger partial charge on any atom is 0.343 e. The Balaban J connectivity index is 1.49. The lowest BCUT2D eigenvalue weighted by atomic mass is 10.0. The van der Waals surface area contributed by atoms with Crippen LogP contribution < -0.4 is 14.5 Å². The number of benzene rings is 4. The number of halogens is 2. The third kappa shape index (κ3) is 5.11. The van der Waals surface area contributed by atoms with E-state index in [-0.39, 0.29) is 5.57 Å². The molecular formula is C30H20BrClN2O4. The van der Waals surface area contributed by atoms with E-state index in [1.807, 2.05) is 24.3 Å². The van der Waals surface area contributed by atoms with Gasteiger partial charge < -0.3 is 4.74 Å². The summed E-state index contributed by atoms with van der Waals surface area (Å²) in [5, 5.41) is 0.318. The summed E-state index contributed by atoms with van der Waals surface area (Å²) in [5.74, 6) is -0.981. The van der Waals surface area contributed by atoms with E-state index < -0.39 is 17.8 Å². The fourth-order valence-electron chi connectivity index (χ4n) is 4.00. The number of imide groups is 2. The molecule has 1 aliphatic rings. The number of hydrogen-bond acceptors (Lipinski definition) is 4. The van der Waals surface area contributed by atoms with E-state index in [4.69, 9.17) is 16.3 Å².